The molecule has 4 unspecified atom stereocenters. The van der Waals surface area contributed by atoms with Crippen molar-refractivity contribution in [3.63, 3.8) is 0 Å². The highest BCUT2D eigenvalue weighted by Crippen LogP contribution is 2.34. The van der Waals surface area contributed by atoms with Gasteiger partial charge in [0.25, 0.3) is 0 Å². The first-order chi connectivity index (χ1) is 19.9. The van der Waals surface area contributed by atoms with Crippen LogP contribution in [-0.2, 0) is 12.8 Å². The predicted molar refractivity (Wildman–Crippen MR) is 179 cm³/mol. The van der Waals surface area contributed by atoms with Crippen LogP contribution in [0.3, 0.4) is 0 Å². The minimum absolute atomic E-state index is 0.129. The van der Waals surface area contributed by atoms with Crippen LogP contribution in [0.25, 0.3) is 0 Å². The molecule has 4 heteroatoms. The minimum atomic E-state index is 0.129. The lowest BCUT2D eigenvalue weighted by molar-refractivity contribution is 0.122. The second-order valence-electron chi connectivity index (χ2n) is 16.4. The molecule has 1 aliphatic carbocycles. The summed E-state index contributed by atoms with van der Waals surface area (Å²) in [5.41, 5.74) is 3.44. The number of rotatable bonds is 10. The number of hydrogen-bond acceptors (Lipinski definition) is 4. The van der Waals surface area contributed by atoms with Crippen molar-refractivity contribution in [1.82, 2.24) is 21.3 Å². The van der Waals surface area contributed by atoms with Gasteiger partial charge in [0.05, 0.1) is 0 Å². The first-order valence-corrected chi connectivity index (χ1v) is 17.0. The third-order valence-electron chi connectivity index (χ3n) is 10.4. The van der Waals surface area contributed by atoms with E-state index < -0.39 is 0 Å². The zero-order valence-electron chi connectivity index (χ0n) is 27.6. The maximum Gasteiger partial charge on any atom is 0.0213 e. The summed E-state index contributed by atoms with van der Waals surface area (Å²) in [6.07, 6.45) is 12.5. The van der Waals surface area contributed by atoms with Crippen molar-refractivity contribution in [2.45, 2.75) is 140 Å². The Morgan fingerprint density at radius 3 is 1.26 bits per heavy atom. The van der Waals surface area contributed by atoms with E-state index >= 15 is 0 Å². The topological polar surface area (TPSA) is 48.1 Å². The van der Waals surface area contributed by atoms with Crippen LogP contribution in [0.5, 0.6) is 0 Å². The maximum absolute atomic E-state index is 4.06. The largest absolute Gasteiger partial charge is 0.314 e. The predicted octanol–water partition coefficient (Wildman–Crippen LogP) is 7.04. The molecule has 2 heterocycles. The lowest BCUT2D eigenvalue weighted by Crippen LogP contribution is -2.64. The van der Waals surface area contributed by atoms with Crippen LogP contribution in [0.4, 0.5) is 0 Å². The van der Waals surface area contributed by atoms with Gasteiger partial charge in [-0.2, -0.15) is 0 Å². The summed E-state index contributed by atoms with van der Waals surface area (Å²) >= 11 is 0. The van der Waals surface area contributed by atoms with Gasteiger partial charge in [0, 0.05) is 34.2 Å². The zero-order chi connectivity index (χ0) is 29.8. The second-order valence-corrected chi connectivity index (χ2v) is 16.4. The van der Waals surface area contributed by atoms with Gasteiger partial charge >= 0.3 is 0 Å². The van der Waals surface area contributed by atoms with Gasteiger partial charge in [-0.25, -0.2) is 0 Å². The van der Waals surface area contributed by atoms with E-state index in [1.54, 1.807) is 0 Å². The van der Waals surface area contributed by atoms with Gasteiger partial charge in [-0.15, -0.1) is 0 Å². The molecule has 5 rings (SSSR count). The van der Waals surface area contributed by atoms with Crippen molar-refractivity contribution in [3.8, 4) is 0 Å². The summed E-state index contributed by atoms with van der Waals surface area (Å²) in [6.45, 7) is 16.8. The van der Waals surface area contributed by atoms with E-state index in [1.807, 2.05) is 0 Å². The molecule has 2 saturated heterocycles. The molecule has 4 N–H and O–H groups in total. The van der Waals surface area contributed by atoms with E-state index in [-0.39, 0.29) is 22.2 Å². The van der Waals surface area contributed by atoms with Gasteiger partial charge in [0.2, 0.25) is 0 Å². The Balaban J connectivity index is 1.06. The molecule has 2 aromatic rings. The number of nitrogens with one attached hydrogen (secondary N) is 4. The quantitative estimate of drug-likeness (QED) is 0.247. The Morgan fingerprint density at radius 1 is 0.548 bits per heavy atom. The fourth-order valence-corrected chi connectivity index (χ4v) is 9.22. The highest BCUT2D eigenvalue weighted by Gasteiger charge is 2.42. The fourth-order valence-electron chi connectivity index (χ4n) is 9.22. The molecule has 3 fully saturated rings. The van der Waals surface area contributed by atoms with Gasteiger partial charge < -0.3 is 21.3 Å². The minimum Gasteiger partial charge on any atom is -0.314 e. The summed E-state index contributed by atoms with van der Waals surface area (Å²) in [6, 6.07) is 23.2. The summed E-state index contributed by atoms with van der Waals surface area (Å²) in [7, 11) is 0. The van der Waals surface area contributed by atoms with Crippen molar-refractivity contribution >= 4 is 0 Å². The molecule has 0 radical (unpaired) electrons. The Kier molecular flexibility index (Phi) is 9.89. The molecule has 0 aromatic heterocycles. The standard InChI is InChI=1S/C38H60N4/c1-35(2)23-33(25-37(5,41-35)21-29-13-9-7-10-14-29)39-27-31-17-19-32(20-18-31)28-40-34-24-36(3,4)42-38(6,26-34)22-30-15-11-8-12-16-30/h7-16,31-34,39-42H,17-28H2,1-6H3. The van der Waals surface area contributed by atoms with E-state index in [9.17, 15) is 0 Å². The summed E-state index contributed by atoms with van der Waals surface area (Å²) in [4.78, 5) is 0. The van der Waals surface area contributed by atoms with Gasteiger partial charge in [0.15, 0.2) is 0 Å². The normalized spacial score (nSPS) is 34.6. The highest BCUT2D eigenvalue weighted by atomic mass is 15.1. The van der Waals surface area contributed by atoms with Crippen LogP contribution >= 0.6 is 0 Å². The fraction of sp³-hybridized carbons (Fsp3) is 0.684. The molecule has 4 atom stereocenters. The Morgan fingerprint density at radius 2 is 0.905 bits per heavy atom. The third kappa shape index (κ3) is 9.14. The van der Waals surface area contributed by atoms with E-state index in [0.29, 0.717) is 12.1 Å². The molecule has 42 heavy (non-hydrogen) atoms. The van der Waals surface area contributed by atoms with Crippen LogP contribution in [0.2, 0.25) is 0 Å². The van der Waals surface area contributed by atoms with Crippen molar-refractivity contribution < 1.29 is 0 Å². The lowest BCUT2D eigenvalue weighted by atomic mass is 9.75. The SMILES string of the molecule is CC1(C)CC(NCC2CCC(CNC3CC(C)(C)NC(C)(Cc4ccccc4)C3)CC2)CC(C)(Cc2ccccc2)N1. The molecular formula is C38H60N4. The second kappa shape index (κ2) is 13.1. The van der Waals surface area contributed by atoms with Crippen molar-refractivity contribution in [3.05, 3.63) is 71.8 Å². The van der Waals surface area contributed by atoms with Crippen molar-refractivity contribution in [1.29, 1.82) is 0 Å². The van der Waals surface area contributed by atoms with Crippen LogP contribution in [0, 0.1) is 11.8 Å². The van der Waals surface area contributed by atoms with Gasteiger partial charge in [-0.1, -0.05) is 60.7 Å². The average molecular weight is 573 g/mol. The van der Waals surface area contributed by atoms with Crippen molar-refractivity contribution in [2.24, 2.45) is 11.8 Å². The lowest BCUT2D eigenvalue weighted by Gasteiger charge is -2.49. The molecule has 1 saturated carbocycles. The Labute approximate surface area is 257 Å². The maximum atomic E-state index is 4.06. The van der Waals surface area contributed by atoms with E-state index in [0.717, 1.165) is 24.7 Å². The molecule has 3 aliphatic rings. The van der Waals surface area contributed by atoms with Gasteiger partial charge in [-0.3, -0.25) is 0 Å². The Hall–Kier alpha value is -1.72. The van der Waals surface area contributed by atoms with Crippen LogP contribution in [0.15, 0.2) is 60.7 Å². The summed E-state index contributed by atoms with van der Waals surface area (Å²) in [5.74, 6) is 1.65. The number of benzene rings is 2. The third-order valence-corrected chi connectivity index (χ3v) is 10.4. The smallest absolute Gasteiger partial charge is 0.0213 e. The van der Waals surface area contributed by atoms with E-state index in [2.05, 4.69) is 123 Å². The van der Waals surface area contributed by atoms with Crippen LogP contribution in [0.1, 0.15) is 104 Å². The van der Waals surface area contributed by atoms with Crippen LogP contribution in [-0.4, -0.2) is 47.3 Å². The van der Waals surface area contributed by atoms with Crippen molar-refractivity contribution in [2.75, 3.05) is 13.1 Å². The molecule has 2 aliphatic heterocycles. The summed E-state index contributed by atoms with van der Waals surface area (Å²) in [5, 5.41) is 16.1. The Bertz CT molecular complexity index is 1020. The van der Waals surface area contributed by atoms with Gasteiger partial charge in [-0.05, 0) is 142 Å². The molecule has 0 amide bonds. The molecule has 4 nitrogen and oxygen atoms in total. The average Bonchev–Trinajstić information content (AvgIpc) is 2.90. The first-order valence-electron chi connectivity index (χ1n) is 17.0. The van der Waals surface area contributed by atoms with Crippen LogP contribution < -0.4 is 21.3 Å². The first kappa shape index (κ1) is 31.7. The molecule has 0 spiro atoms. The molecule has 232 valence electrons. The molecular weight excluding hydrogens is 512 g/mol. The number of hydrogen-bond donors (Lipinski definition) is 4. The highest BCUT2D eigenvalue weighted by molar-refractivity contribution is 5.20. The zero-order valence-corrected chi connectivity index (χ0v) is 27.6. The van der Waals surface area contributed by atoms with Gasteiger partial charge in [0.1, 0.15) is 0 Å². The monoisotopic (exact) mass is 572 g/mol. The van der Waals surface area contributed by atoms with E-state index in [4.69, 9.17) is 0 Å². The summed E-state index contributed by atoms with van der Waals surface area (Å²) < 4.78 is 0. The number of piperidine rings is 2. The molecule has 2 aromatic carbocycles. The van der Waals surface area contributed by atoms with E-state index in [1.165, 1.54) is 75.6 Å². The molecule has 0 bridgehead atoms.